The Morgan fingerprint density at radius 2 is 2.09 bits per heavy atom. The van der Waals surface area contributed by atoms with E-state index in [4.69, 9.17) is 16.3 Å². The van der Waals surface area contributed by atoms with Gasteiger partial charge in [-0.25, -0.2) is 9.97 Å². The lowest BCUT2D eigenvalue weighted by molar-refractivity contribution is 0.0975. The van der Waals surface area contributed by atoms with Crippen molar-refractivity contribution in [3.63, 3.8) is 0 Å². The van der Waals surface area contributed by atoms with Crippen molar-refractivity contribution in [2.45, 2.75) is 32.3 Å². The third-order valence-corrected chi connectivity index (χ3v) is 5.75. The lowest BCUT2D eigenvalue weighted by Gasteiger charge is -2.39. The van der Waals surface area contributed by atoms with E-state index in [0.717, 1.165) is 48.6 Å². The second-order valence-electron chi connectivity index (χ2n) is 6.46. The van der Waals surface area contributed by atoms with Crippen molar-refractivity contribution in [2.24, 2.45) is 5.41 Å². The molecule has 0 N–H and O–H groups in total. The quantitative estimate of drug-likeness (QED) is 0.753. The molecule has 0 radical (unpaired) electrons. The minimum absolute atomic E-state index is 0.364. The molecule has 118 valence electrons. The van der Waals surface area contributed by atoms with Gasteiger partial charge in [-0.3, -0.25) is 4.40 Å². The number of halogens is 2. The first-order valence-corrected chi connectivity index (χ1v) is 8.79. The molecule has 0 saturated carbocycles. The number of ether oxygens (including phenoxy) is 1. The molecule has 7 heteroatoms. The van der Waals surface area contributed by atoms with Crippen LogP contribution in [0.3, 0.4) is 0 Å². The minimum Gasteiger partial charge on any atom is -0.378 e. The van der Waals surface area contributed by atoms with Crippen LogP contribution in [0.5, 0.6) is 0 Å². The molecule has 0 amide bonds. The van der Waals surface area contributed by atoms with Gasteiger partial charge in [0.1, 0.15) is 5.15 Å². The fourth-order valence-electron chi connectivity index (χ4n) is 3.72. The summed E-state index contributed by atoms with van der Waals surface area (Å²) >= 11 is 9.79. The number of piperidine rings is 1. The van der Waals surface area contributed by atoms with Crippen LogP contribution in [-0.4, -0.2) is 40.2 Å². The minimum atomic E-state index is 0.364. The molecule has 0 aliphatic carbocycles. The Bertz CT molecular complexity index is 711. The SMILES string of the molecule is C[C@H]1CC2(CCN(c3ncc(Br)c4ncc(Cl)n34)CC2)CO1. The van der Waals surface area contributed by atoms with Crippen molar-refractivity contribution < 1.29 is 4.74 Å². The van der Waals surface area contributed by atoms with Crippen molar-refractivity contribution in [1.29, 1.82) is 0 Å². The van der Waals surface area contributed by atoms with Gasteiger partial charge in [-0.1, -0.05) is 11.6 Å². The molecule has 2 aromatic rings. The van der Waals surface area contributed by atoms with E-state index < -0.39 is 0 Å². The molecule has 4 rings (SSSR count). The van der Waals surface area contributed by atoms with Crippen molar-refractivity contribution in [3.05, 3.63) is 22.0 Å². The molecule has 4 heterocycles. The van der Waals surface area contributed by atoms with Crippen LogP contribution in [0.1, 0.15) is 26.2 Å². The van der Waals surface area contributed by atoms with Gasteiger partial charge in [-0.15, -0.1) is 0 Å². The van der Waals surface area contributed by atoms with E-state index in [1.54, 1.807) is 12.4 Å². The van der Waals surface area contributed by atoms with Crippen molar-refractivity contribution >= 4 is 39.1 Å². The lowest BCUT2D eigenvalue weighted by Crippen LogP contribution is -2.41. The van der Waals surface area contributed by atoms with Crippen LogP contribution >= 0.6 is 27.5 Å². The average Bonchev–Trinajstić information content (AvgIpc) is 3.06. The third-order valence-electron chi connectivity index (χ3n) is 4.93. The summed E-state index contributed by atoms with van der Waals surface area (Å²) in [6.07, 6.45) is 7.33. The number of imidazole rings is 1. The summed E-state index contributed by atoms with van der Waals surface area (Å²) < 4.78 is 8.57. The maximum Gasteiger partial charge on any atom is 0.212 e. The van der Waals surface area contributed by atoms with Crippen LogP contribution in [0.4, 0.5) is 5.95 Å². The van der Waals surface area contributed by atoms with E-state index in [-0.39, 0.29) is 0 Å². The van der Waals surface area contributed by atoms with E-state index in [0.29, 0.717) is 16.7 Å². The Morgan fingerprint density at radius 3 is 2.77 bits per heavy atom. The summed E-state index contributed by atoms with van der Waals surface area (Å²) in [6.45, 7) is 5.03. The number of hydrogen-bond donors (Lipinski definition) is 0. The Hall–Kier alpha value is -0.850. The smallest absolute Gasteiger partial charge is 0.212 e. The zero-order valence-corrected chi connectivity index (χ0v) is 14.8. The summed E-state index contributed by atoms with van der Waals surface area (Å²) in [5, 5.41) is 0.594. The largest absolute Gasteiger partial charge is 0.378 e. The molecule has 5 nitrogen and oxygen atoms in total. The predicted molar refractivity (Wildman–Crippen MR) is 89.6 cm³/mol. The van der Waals surface area contributed by atoms with E-state index in [1.807, 2.05) is 4.40 Å². The molecule has 0 aromatic carbocycles. The first-order valence-electron chi connectivity index (χ1n) is 7.62. The van der Waals surface area contributed by atoms with Crippen LogP contribution in [-0.2, 0) is 4.74 Å². The molecule has 2 aliphatic rings. The Kier molecular flexibility index (Phi) is 3.58. The number of rotatable bonds is 1. The Morgan fingerprint density at radius 1 is 1.32 bits per heavy atom. The van der Waals surface area contributed by atoms with Crippen LogP contribution in [0.25, 0.3) is 5.65 Å². The van der Waals surface area contributed by atoms with Gasteiger partial charge in [0.2, 0.25) is 5.95 Å². The first kappa shape index (κ1) is 14.7. The van der Waals surface area contributed by atoms with E-state index >= 15 is 0 Å². The van der Waals surface area contributed by atoms with Crippen LogP contribution < -0.4 is 4.90 Å². The van der Waals surface area contributed by atoms with E-state index in [2.05, 4.69) is 37.7 Å². The predicted octanol–water partition coefficient (Wildman–Crippen LogP) is 3.54. The maximum absolute atomic E-state index is 6.30. The van der Waals surface area contributed by atoms with Gasteiger partial charge in [0.15, 0.2) is 5.65 Å². The highest BCUT2D eigenvalue weighted by atomic mass is 79.9. The standard InChI is InChI=1S/C15H18BrClN4O/c1-10-6-15(9-22-10)2-4-20(5-3-15)14-19-7-11(16)13-18-8-12(17)21(13)14/h7-8,10H,2-6,9H2,1H3/t10-/m0/s1. The van der Waals surface area contributed by atoms with Crippen LogP contribution in [0.15, 0.2) is 16.9 Å². The van der Waals surface area contributed by atoms with Gasteiger partial charge in [0.25, 0.3) is 0 Å². The molecule has 2 aliphatic heterocycles. The number of fused-ring (bicyclic) bond motifs is 1. The van der Waals surface area contributed by atoms with E-state index in [1.165, 1.54) is 6.42 Å². The highest BCUT2D eigenvalue weighted by Gasteiger charge is 2.41. The highest BCUT2D eigenvalue weighted by Crippen LogP contribution is 2.42. The third kappa shape index (κ3) is 2.32. The van der Waals surface area contributed by atoms with Crippen molar-refractivity contribution in [2.75, 3.05) is 24.6 Å². The summed E-state index contributed by atoms with van der Waals surface area (Å²) in [6, 6.07) is 0. The average molecular weight is 386 g/mol. The maximum atomic E-state index is 6.30. The second-order valence-corrected chi connectivity index (χ2v) is 7.70. The molecule has 1 spiro atoms. The molecular weight excluding hydrogens is 368 g/mol. The Balaban J connectivity index is 1.62. The molecule has 1 atom stereocenters. The van der Waals surface area contributed by atoms with Gasteiger partial charge in [0.05, 0.1) is 23.4 Å². The second kappa shape index (κ2) is 5.35. The van der Waals surface area contributed by atoms with Gasteiger partial charge in [-0.2, -0.15) is 0 Å². The fourth-order valence-corrected chi connectivity index (χ4v) is 4.31. The molecule has 22 heavy (non-hydrogen) atoms. The zero-order chi connectivity index (χ0) is 15.3. The molecular formula is C15H18BrClN4O. The summed E-state index contributed by atoms with van der Waals surface area (Å²) in [7, 11) is 0. The number of hydrogen-bond acceptors (Lipinski definition) is 4. The summed E-state index contributed by atoms with van der Waals surface area (Å²) in [5.41, 5.74) is 1.18. The highest BCUT2D eigenvalue weighted by molar-refractivity contribution is 9.10. The van der Waals surface area contributed by atoms with Gasteiger partial charge in [-0.05, 0) is 47.5 Å². The van der Waals surface area contributed by atoms with Gasteiger partial charge >= 0.3 is 0 Å². The van der Waals surface area contributed by atoms with Crippen LogP contribution in [0.2, 0.25) is 5.15 Å². The van der Waals surface area contributed by atoms with Gasteiger partial charge in [0, 0.05) is 19.3 Å². The monoisotopic (exact) mass is 384 g/mol. The normalized spacial score (nSPS) is 24.5. The number of nitrogens with zero attached hydrogens (tertiary/aromatic N) is 4. The topological polar surface area (TPSA) is 42.7 Å². The first-order chi connectivity index (χ1) is 10.6. The van der Waals surface area contributed by atoms with Crippen LogP contribution in [0, 0.1) is 5.41 Å². The zero-order valence-electron chi connectivity index (χ0n) is 12.4. The fraction of sp³-hybridized carbons (Fsp3) is 0.600. The van der Waals surface area contributed by atoms with Gasteiger partial charge < -0.3 is 9.64 Å². The Labute approximate surface area is 142 Å². The molecule has 2 fully saturated rings. The summed E-state index contributed by atoms with van der Waals surface area (Å²) in [5.74, 6) is 0.877. The number of aromatic nitrogens is 3. The molecule has 2 aromatic heterocycles. The molecule has 0 bridgehead atoms. The number of anilines is 1. The summed E-state index contributed by atoms with van der Waals surface area (Å²) in [4.78, 5) is 11.2. The van der Waals surface area contributed by atoms with Crippen molar-refractivity contribution in [3.8, 4) is 0 Å². The lowest BCUT2D eigenvalue weighted by atomic mass is 9.77. The van der Waals surface area contributed by atoms with E-state index in [9.17, 15) is 0 Å². The van der Waals surface area contributed by atoms with Crippen molar-refractivity contribution in [1.82, 2.24) is 14.4 Å². The molecule has 0 unspecified atom stereocenters. The molecule has 2 saturated heterocycles.